The lowest BCUT2D eigenvalue weighted by Gasteiger charge is -2.31. The molecule has 0 aromatic carbocycles. The molecule has 1 saturated heterocycles. The Morgan fingerprint density at radius 3 is 3.22 bits per heavy atom. The lowest BCUT2D eigenvalue weighted by atomic mass is 10.2. The van der Waals surface area contributed by atoms with Crippen molar-refractivity contribution >= 4 is 33.9 Å². The van der Waals surface area contributed by atoms with Crippen LogP contribution >= 0.6 is 23.1 Å². The standard InChI is InChI=1S/C12H18N4S2/c1-9-8-15(4-6-17-9)11-10(2-3-13)16-5-7-18-12(16)14-11/h5,7,9H,2-4,6,8,13H2,1H3. The second kappa shape index (κ2) is 5.11. The SMILES string of the molecule is CC1CN(c2nc3sccn3c2CCN)CCS1. The number of rotatable bonds is 3. The van der Waals surface area contributed by atoms with Crippen LogP contribution in [0, 0.1) is 0 Å². The summed E-state index contributed by atoms with van der Waals surface area (Å²) in [4.78, 5) is 8.30. The van der Waals surface area contributed by atoms with Crippen LogP contribution in [0.2, 0.25) is 0 Å². The summed E-state index contributed by atoms with van der Waals surface area (Å²) in [5, 5.41) is 2.77. The minimum absolute atomic E-state index is 0.675. The zero-order valence-corrected chi connectivity index (χ0v) is 12.1. The van der Waals surface area contributed by atoms with Gasteiger partial charge in [0.25, 0.3) is 0 Å². The molecule has 18 heavy (non-hydrogen) atoms. The van der Waals surface area contributed by atoms with Crippen LogP contribution in [0.4, 0.5) is 5.82 Å². The first-order valence-electron chi connectivity index (χ1n) is 6.30. The van der Waals surface area contributed by atoms with Crippen LogP contribution in [-0.4, -0.2) is 40.0 Å². The Labute approximate surface area is 115 Å². The van der Waals surface area contributed by atoms with Gasteiger partial charge in [0.15, 0.2) is 10.8 Å². The summed E-state index contributed by atoms with van der Waals surface area (Å²) in [6.45, 7) is 5.15. The zero-order valence-electron chi connectivity index (χ0n) is 10.5. The molecule has 6 heteroatoms. The molecular formula is C12H18N4S2. The van der Waals surface area contributed by atoms with Crippen LogP contribution < -0.4 is 10.6 Å². The average molecular weight is 282 g/mol. The third kappa shape index (κ3) is 2.13. The molecule has 1 aliphatic heterocycles. The van der Waals surface area contributed by atoms with Gasteiger partial charge < -0.3 is 10.6 Å². The quantitative estimate of drug-likeness (QED) is 0.933. The molecule has 2 N–H and O–H groups in total. The maximum atomic E-state index is 5.74. The van der Waals surface area contributed by atoms with Crippen molar-refractivity contribution in [2.45, 2.75) is 18.6 Å². The fourth-order valence-corrected chi connectivity index (χ4v) is 4.20. The largest absolute Gasteiger partial charge is 0.353 e. The monoisotopic (exact) mass is 282 g/mol. The molecule has 4 nitrogen and oxygen atoms in total. The molecular weight excluding hydrogens is 264 g/mol. The smallest absolute Gasteiger partial charge is 0.195 e. The van der Waals surface area contributed by atoms with E-state index < -0.39 is 0 Å². The molecule has 0 radical (unpaired) electrons. The highest BCUT2D eigenvalue weighted by Gasteiger charge is 2.23. The van der Waals surface area contributed by atoms with Crippen molar-refractivity contribution in [3.05, 3.63) is 17.3 Å². The van der Waals surface area contributed by atoms with Gasteiger partial charge in [-0.05, 0) is 6.54 Å². The molecule has 2 aromatic rings. The number of imidazole rings is 1. The number of hydrogen-bond donors (Lipinski definition) is 1. The Balaban J connectivity index is 1.98. The van der Waals surface area contributed by atoms with Crippen LogP contribution in [0.15, 0.2) is 11.6 Å². The van der Waals surface area contributed by atoms with Crippen LogP contribution in [0.25, 0.3) is 4.96 Å². The minimum Gasteiger partial charge on any atom is -0.353 e. The van der Waals surface area contributed by atoms with Gasteiger partial charge in [-0.1, -0.05) is 6.92 Å². The van der Waals surface area contributed by atoms with Crippen molar-refractivity contribution in [1.82, 2.24) is 9.38 Å². The Bertz CT molecular complexity index is 533. The van der Waals surface area contributed by atoms with E-state index in [-0.39, 0.29) is 0 Å². The highest BCUT2D eigenvalue weighted by molar-refractivity contribution is 8.00. The molecule has 1 fully saturated rings. The topological polar surface area (TPSA) is 46.6 Å². The lowest BCUT2D eigenvalue weighted by molar-refractivity contribution is 0.762. The molecule has 2 aromatic heterocycles. The van der Waals surface area contributed by atoms with Gasteiger partial charge in [0, 0.05) is 42.1 Å². The van der Waals surface area contributed by atoms with E-state index in [1.54, 1.807) is 11.3 Å². The van der Waals surface area contributed by atoms with Gasteiger partial charge in [0.1, 0.15) is 0 Å². The van der Waals surface area contributed by atoms with Crippen molar-refractivity contribution in [1.29, 1.82) is 0 Å². The number of hydrogen-bond acceptors (Lipinski definition) is 5. The van der Waals surface area contributed by atoms with Crippen molar-refractivity contribution in [3.63, 3.8) is 0 Å². The van der Waals surface area contributed by atoms with E-state index in [9.17, 15) is 0 Å². The highest BCUT2D eigenvalue weighted by atomic mass is 32.2. The summed E-state index contributed by atoms with van der Waals surface area (Å²) in [6.07, 6.45) is 2.99. The van der Waals surface area contributed by atoms with Gasteiger partial charge in [-0.2, -0.15) is 11.8 Å². The number of thioether (sulfide) groups is 1. The maximum Gasteiger partial charge on any atom is 0.195 e. The maximum absolute atomic E-state index is 5.74. The molecule has 0 spiro atoms. The number of anilines is 1. The van der Waals surface area contributed by atoms with Gasteiger partial charge in [-0.15, -0.1) is 11.3 Å². The zero-order chi connectivity index (χ0) is 12.5. The van der Waals surface area contributed by atoms with Crippen molar-refractivity contribution in [3.8, 4) is 0 Å². The van der Waals surface area contributed by atoms with E-state index in [2.05, 4.69) is 27.8 Å². The Kier molecular flexibility index (Phi) is 3.50. The van der Waals surface area contributed by atoms with Crippen LogP contribution in [0.5, 0.6) is 0 Å². The molecule has 98 valence electrons. The summed E-state index contributed by atoms with van der Waals surface area (Å²) >= 11 is 3.74. The molecule has 1 atom stereocenters. The second-order valence-electron chi connectivity index (χ2n) is 4.60. The fourth-order valence-electron chi connectivity index (χ4n) is 2.45. The fraction of sp³-hybridized carbons (Fsp3) is 0.583. The molecule has 0 amide bonds. The normalized spacial score (nSPS) is 20.8. The van der Waals surface area contributed by atoms with E-state index in [1.165, 1.54) is 11.4 Å². The van der Waals surface area contributed by atoms with Gasteiger partial charge in [0.05, 0.1) is 5.69 Å². The molecule has 3 rings (SSSR count). The van der Waals surface area contributed by atoms with Crippen LogP contribution in [0.1, 0.15) is 12.6 Å². The highest BCUT2D eigenvalue weighted by Crippen LogP contribution is 2.28. The van der Waals surface area contributed by atoms with Gasteiger partial charge in [-0.25, -0.2) is 4.98 Å². The van der Waals surface area contributed by atoms with Gasteiger partial charge in [-0.3, -0.25) is 4.40 Å². The van der Waals surface area contributed by atoms with E-state index in [0.717, 1.165) is 30.3 Å². The minimum atomic E-state index is 0.675. The third-order valence-electron chi connectivity index (χ3n) is 3.26. The van der Waals surface area contributed by atoms with E-state index in [4.69, 9.17) is 10.7 Å². The molecule has 0 aliphatic carbocycles. The summed E-state index contributed by atoms with van der Waals surface area (Å²) in [5.41, 5.74) is 7.02. The first-order valence-corrected chi connectivity index (χ1v) is 8.23. The number of nitrogens with zero attached hydrogens (tertiary/aromatic N) is 3. The van der Waals surface area contributed by atoms with E-state index in [0.29, 0.717) is 11.8 Å². The molecule has 1 aliphatic rings. The number of aromatic nitrogens is 2. The number of thiazole rings is 1. The van der Waals surface area contributed by atoms with Gasteiger partial charge >= 0.3 is 0 Å². The van der Waals surface area contributed by atoms with Gasteiger partial charge in [0.2, 0.25) is 0 Å². The Morgan fingerprint density at radius 1 is 1.56 bits per heavy atom. The summed E-state index contributed by atoms with van der Waals surface area (Å²) in [6, 6.07) is 0. The predicted octanol–water partition coefficient (Wildman–Crippen LogP) is 1.84. The van der Waals surface area contributed by atoms with E-state index >= 15 is 0 Å². The summed E-state index contributed by atoms with van der Waals surface area (Å²) < 4.78 is 2.19. The molecule has 1 unspecified atom stereocenters. The number of nitrogens with two attached hydrogens (primary N) is 1. The lowest BCUT2D eigenvalue weighted by Crippen LogP contribution is -2.37. The second-order valence-corrected chi connectivity index (χ2v) is 7.02. The average Bonchev–Trinajstić information content (AvgIpc) is 2.92. The molecule has 0 bridgehead atoms. The first-order chi connectivity index (χ1) is 8.79. The number of fused-ring (bicyclic) bond motifs is 1. The predicted molar refractivity (Wildman–Crippen MR) is 80.0 cm³/mol. The van der Waals surface area contributed by atoms with Crippen LogP contribution in [-0.2, 0) is 6.42 Å². The summed E-state index contributed by atoms with van der Waals surface area (Å²) in [5.74, 6) is 2.34. The summed E-state index contributed by atoms with van der Waals surface area (Å²) in [7, 11) is 0. The third-order valence-corrected chi connectivity index (χ3v) is 5.15. The Morgan fingerprint density at radius 2 is 2.44 bits per heavy atom. The first kappa shape index (κ1) is 12.3. The molecule has 0 saturated carbocycles. The van der Waals surface area contributed by atoms with Crippen molar-refractivity contribution in [2.75, 3.05) is 30.3 Å². The van der Waals surface area contributed by atoms with Crippen molar-refractivity contribution in [2.24, 2.45) is 5.73 Å². The Hall–Kier alpha value is -0.720. The van der Waals surface area contributed by atoms with Crippen molar-refractivity contribution < 1.29 is 0 Å². The van der Waals surface area contributed by atoms with Crippen LogP contribution in [0.3, 0.4) is 0 Å². The van der Waals surface area contributed by atoms with E-state index in [1.807, 2.05) is 11.8 Å². The molecule has 3 heterocycles.